The highest BCUT2D eigenvalue weighted by molar-refractivity contribution is 6.27. The molecule has 2 aliphatic rings. The van der Waals surface area contributed by atoms with Crippen molar-refractivity contribution in [2.75, 3.05) is 0 Å². The van der Waals surface area contributed by atoms with E-state index in [1.54, 1.807) is 48.5 Å². The lowest BCUT2D eigenvalue weighted by atomic mass is 9.75. The number of Topliss-reactive ketones (excluding diaryl/α,β-unsaturated/α-hetero) is 2. The van der Waals surface area contributed by atoms with Crippen LogP contribution in [0, 0.1) is 18.3 Å². The minimum atomic E-state index is -0.815. The highest BCUT2D eigenvalue weighted by atomic mass is 16.5. The van der Waals surface area contributed by atoms with Crippen molar-refractivity contribution in [2.45, 2.75) is 19.4 Å². The number of nitrogens with zero attached hydrogens (tertiary/aromatic N) is 1. The molecule has 0 aromatic heterocycles. The summed E-state index contributed by atoms with van der Waals surface area (Å²) in [6.45, 7) is 2.44. The number of hydrogen-bond donors (Lipinski definition) is 1. The Balaban J connectivity index is 1.49. The second-order valence-corrected chi connectivity index (χ2v) is 8.21. The van der Waals surface area contributed by atoms with E-state index in [0.717, 1.165) is 5.56 Å². The van der Waals surface area contributed by atoms with E-state index in [1.165, 1.54) is 5.56 Å². The number of ketones is 2. The van der Waals surface area contributed by atoms with Crippen LogP contribution >= 0.6 is 0 Å². The van der Waals surface area contributed by atoms with E-state index in [2.05, 4.69) is 6.07 Å². The number of fused-ring (bicyclic) bond motifs is 1. The fraction of sp³-hybridized carbons (Fsp3) is 0.107. The van der Waals surface area contributed by atoms with Crippen LogP contribution in [-0.2, 0) is 11.3 Å². The SMILES string of the molecule is Cc1ccc(COc2ccc(C3C(C#N)=C(N)OC4=C3C(=O)c3ccccc3C4=O)cc2)cc1. The average Bonchev–Trinajstić information content (AvgIpc) is 2.86. The maximum Gasteiger partial charge on any atom is 0.229 e. The first-order valence-corrected chi connectivity index (χ1v) is 10.8. The molecule has 1 unspecified atom stereocenters. The van der Waals surface area contributed by atoms with Crippen molar-refractivity contribution < 1.29 is 19.1 Å². The third-order valence-electron chi connectivity index (χ3n) is 6.03. The normalized spacial score (nSPS) is 17.0. The van der Waals surface area contributed by atoms with Crippen molar-refractivity contribution >= 4 is 11.6 Å². The predicted octanol–water partition coefficient (Wildman–Crippen LogP) is 4.72. The third-order valence-corrected chi connectivity index (χ3v) is 6.03. The summed E-state index contributed by atoms with van der Waals surface area (Å²) in [5.74, 6) is -1.25. The van der Waals surface area contributed by atoms with Crippen molar-refractivity contribution in [2.24, 2.45) is 5.73 Å². The van der Waals surface area contributed by atoms with E-state index in [4.69, 9.17) is 15.2 Å². The number of nitrogens with two attached hydrogens (primary N) is 1. The van der Waals surface area contributed by atoms with Gasteiger partial charge < -0.3 is 15.2 Å². The van der Waals surface area contributed by atoms with Crippen molar-refractivity contribution in [1.29, 1.82) is 5.26 Å². The fourth-order valence-electron chi connectivity index (χ4n) is 4.25. The molecule has 0 saturated heterocycles. The summed E-state index contributed by atoms with van der Waals surface area (Å²) in [6.07, 6.45) is 0. The number of aryl methyl sites for hydroxylation is 1. The number of carbonyl (C=O) groups is 2. The van der Waals surface area contributed by atoms with Gasteiger partial charge in [0.15, 0.2) is 11.5 Å². The molecule has 0 fully saturated rings. The number of allylic oxidation sites excluding steroid dienone is 3. The van der Waals surface area contributed by atoms with Crippen molar-refractivity contribution in [3.63, 3.8) is 0 Å². The molecule has 6 heteroatoms. The second-order valence-electron chi connectivity index (χ2n) is 8.21. The van der Waals surface area contributed by atoms with Gasteiger partial charge in [-0.3, -0.25) is 9.59 Å². The summed E-state index contributed by atoms with van der Waals surface area (Å²) in [5.41, 5.74) is 9.64. The smallest absolute Gasteiger partial charge is 0.229 e. The standard InChI is InChI=1S/C28H20N2O4/c1-16-6-8-17(9-7-16)15-33-19-12-10-18(11-13-19)23-22(14-29)28(30)34-27-24(23)25(31)20-4-2-3-5-21(20)26(27)32/h2-13,23H,15,30H2,1H3. The van der Waals surface area contributed by atoms with Gasteiger partial charge in [0.05, 0.1) is 11.5 Å². The minimum absolute atomic E-state index is 0.0904. The van der Waals surface area contributed by atoms with Crippen LogP contribution in [-0.4, -0.2) is 11.6 Å². The van der Waals surface area contributed by atoms with E-state index in [9.17, 15) is 14.9 Å². The number of hydrogen-bond acceptors (Lipinski definition) is 6. The Morgan fingerprint density at radius 3 is 2.24 bits per heavy atom. The van der Waals surface area contributed by atoms with Crippen molar-refractivity contribution in [3.8, 4) is 11.8 Å². The van der Waals surface area contributed by atoms with Crippen LogP contribution in [0.4, 0.5) is 0 Å². The van der Waals surface area contributed by atoms with E-state index in [0.29, 0.717) is 17.9 Å². The molecule has 0 amide bonds. The monoisotopic (exact) mass is 448 g/mol. The quantitative estimate of drug-likeness (QED) is 0.620. The van der Waals surface area contributed by atoms with E-state index < -0.39 is 11.7 Å². The molecular weight excluding hydrogens is 428 g/mol. The van der Waals surface area contributed by atoms with Gasteiger partial charge in [0, 0.05) is 11.1 Å². The van der Waals surface area contributed by atoms with Gasteiger partial charge >= 0.3 is 0 Å². The number of nitriles is 1. The summed E-state index contributed by atoms with van der Waals surface area (Å²) >= 11 is 0. The lowest BCUT2D eigenvalue weighted by Crippen LogP contribution is -2.32. The summed E-state index contributed by atoms with van der Waals surface area (Å²) in [7, 11) is 0. The lowest BCUT2D eigenvalue weighted by molar-refractivity contribution is 0.0897. The largest absolute Gasteiger partial charge is 0.489 e. The van der Waals surface area contributed by atoms with E-state index >= 15 is 0 Å². The highest BCUT2D eigenvalue weighted by Gasteiger charge is 2.43. The zero-order valence-electron chi connectivity index (χ0n) is 18.4. The first-order valence-electron chi connectivity index (χ1n) is 10.8. The molecular formula is C28H20N2O4. The van der Waals surface area contributed by atoms with Crippen LogP contribution < -0.4 is 10.5 Å². The highest BCUT2D eigenvalue weighted by Crippen LogP contribution is 2.44. The molecule has 1 atom stereocenters. The van der Waals surface area contributed by atoms with Crippen LogP contribution in [0.1, 0.15) is 43.3 Å². The van der Waals surface area contributed by atoms with Crippen molar-refractivity contribution in [1.82, 2.24) is 0 Å². The molecule has 5 rings (SSSR count). The zero-order chi connectivity index (χ0) is 23.8. The van der Waals surface area contributed by atoms with Crippen LogP contribution in [0.5, 0.6) is 5.75 Å². The van der Waals surface area contributed by atoms with Crippen molar-refractivity contribution in [3.05, 3.63) is 123 Å². The van der Waals surface area contributed by atoms with Gasteiger partial charge in [-0.25, -0.2) is 0 Å². The second kappa shape index (κ2) is 8.38. The van der Waals surface area contributed by atoms with Gasteiger partial charge in [0.2, 0.25) is 11.7 Å². The molecule has 1 heterocycles. The first kappa shape index (κ1) is 21.2. The Bertz CT molecular complexity index is 1420. The van der Waals surface area contributed by atoms with Gasteiger partial charge in [0.1, 0.15) is 24.0 Å². The van der Waals surface area contributed by atoms with Gasteiger partial charge in [-0.2, -0.15) is 5.26 Å². The van der Waals surface area contributed by atoms with Gasteiger partial charge in [-0.1, -0.05) is 66.2 Å². The lowest BCUT2D eigenvalue weighted by Gasteiger charge is -2.31. The number of carbonyl (C=O) groups excluding carboxylic acids is 2. The fourth-order valence-corrected chi connectivity index (χ4v) is 4.25. The van der Waals surface area contributed by atoms with Crippen LogP contribution in [0.2, 0.25) is 0 Å². The molecule has 0 spiro atoms. The molecule has 1 aliphatic carbocycles. The van der Waals surface area contributed by atoms with Gasteiger partial charge in [-0.15, -0.1) is 0 Å². The van der Waals surface area contributed by atoms with Gasteiger partial charge in [0.25, 0.3) is 0 Å². The zero-order valence-corrected chi connectivity index (χ0v) is 18.4. The first-order chi connectivity index (χ1) is 16.5. The molecule has 0 bridgehead atoms. The summed E-state index contributed by atoms with van der Waals surface area (Å²) in [4.78, 5) is 26.5. The molecule has 2 N–H and O–H groups in total. The minimum Gasteiger partial charge on any atom is -0.489 e. The van der Waals surface area contributed by atoms with Crippen LogP contribution in [0.25, 0.3) is 0 Å². The van der Waals surface area contributed by atoms with Crippen LogP contribution in [0.15, 0.2) is 95.6 Å². The number of benzene rings is 3. The number of ether oxygens (including phenoxy) is 2. The molecule has 6 nitrogen and oxygen atoms in total. The van der Waals surface area contributed by atoms with Gasteiger partial charge in [-0.05, 0) is 30.2 Å². The maximum atomic E-state index is 13.4. The topological polar surface area (TPSA) is 102 Å². The third kappa shape index (κ3) is 3.54. The Morgan fingerprint density at radius 2 is 1.59 bits per heavy atom. The molecule has 166 valence electrons. The number of rotatable bonds is 4. The Labute approximate surface area is 196 Å². The molecule has 0 radical (unpaired) electrons. The molecule has 3 aromatic carbocycles. The van der Waals surface area contributed by atoms with E-state index in [1.807, 2.05) is 31.2 Å². The Hall–Kier alpha value is -4.63. The Kier molecular flexibility index (Phi) is 5.23. The molecule has 3 aromatic rings. The molecule has 1 aliphatic heterocycles. The average molecular weight is 448 g/mol. The predicted molar refractivity (Wildman–Crippen MR) is 125 cm³/mol. The molecule has 0 saturated carbocycles. The van der Waals surface area contributed by atoms with Crippen LogP contribution in [0.3, 0.4) is 0 Å². The van der Waals surface area contributed by atoms with E-state index in [-0.39, 0.29) is 39.7 Å². The summed E-state index contributed by atoms with van der Waals surface area (Å²) in [6, 6.07) is 23.8. The summed E-state index contributed by atoms with van der Waals surface area (Å²) < 4.78 is 11.4. The Morgan fingerprint density at radius 1 is 0.941 bits per heavy atom. The maximum absolute atomic E-state index is 13.4. The summed E-state index contributed by atoms with van der Waals surface area (Å²) in [5, 5.41) is 9.80. The molecule has 34 heavy (non-hydrogen) atoms.